The lowest BCUT2D eigenvalue weighted by Gasteiger charge is -2.10. The van der Waals surface area contributed by atoms with Crippen LogP contribution in [0.2, 0.25) is 0 Å². The van der Waals surface area contributed by atoms with Gasteiger partial charge in [0.1, 0.15) is 11.3 Å². The monoisotopic (exact) mass is 208 g/mol. The van der Waals surface area contributed by atoms with Crippen molar-refractivity contribution in [2.24, 2.45) is 0 Å². The molecule has 0 aromatic heterocycles. The highest BCUT2D eigenvalue weighted by Crippen LogP contribution is 2.21. The number of hydrogen-bond acceptors (Lipinski definition) is 3. The van der Waals surface area contributed by atoms with Crippen LogP contribution in [0.3, 0.4) is 0 Å². The number of aryl methyl sites for hydroxylation is 1. The molecule has 0 bridgehead atoms. The van der Waals surface area contributed by atoms with Crippen LogP contribution in [0.4, 0.5) is 0 Å². The van der Waals surface area contributed by atoms with Gasteiger partial charge in [0, 0.05) is 0 Å². The number of carbonyl (C=O) groups is 1. The van der Waals surface area contributed by atoms with Crippen LogP contribution in [-0.2, 0) is 4.74 Å². The molecule has 0 aliphatic carbocycles. The van der Waals surface area contributed by atoms with E-state index >= 15 is 0 Å². The molecular weight excluding hydrogens is 192 g/mol. The highest BCUT2D eigenvalue weighted by atomic mass is 16.5. The lowest BCUT2D eigenvalue weighted by molar-refractivity contribution is 0.0596. The van der Waals surface area contributed by atoms with E-state index in [0.717, 1.165) is 12.0 Å². The normalized spacial score (nSPS) is 9.80. The minimum atomic E-state index is -0.360. The van der Waals surface area contributed by atoms with Gasteiger partial charge in [-0.1, -0.05) is 13.0 Å². The molecule has 0 heterocycles. The molecule has 0 N–H and O–H groups in total. The van der Waals surface area contributed by atoms with Gasteiger partial charge in [-0.3, -0.25) is 0 Å². The molecule has 0 unspecified atom stereocenters. The van der Waals surface area contributed by atoms with Gasteiger partial charge >= 0.3 is 5.97 Å². The summed E-state index contributed by atoms with van der Waals surface area (Å²) in [6.45, 7) is 4.58. The number of carbonyl (C=O) groups excluding carboxylic acids is 1. The van der Waals surface area contributed by atoms with Crippen LogP contribution < -0.4 is 4.74 Å². The van der Waals surface area contributed by atoms with Gasteiger partial charge in [0.05, 0.1) is 13.7 Å². The Hall–Kier alpha value is -1.51. The number of benzene rings is 1. The second-order valence-electron chi connectivity index (χ2n) is 3.34. The van der Waals surface area contributed by atoms with Crippen LogP contribution in [-0.4, -0.2) is 19.7 Å². The van der Waals surface area contributed by atoms with Crippen molar-refractivity contribution in [3.8, 4) is 5.75 Å². The molecule has 0 fully saturated rings. The highest BCUT2D eigenvalue weighted by Gasteiger charge is 2.12. The summed E-state index contributed by atoms with van der Waals surface area (Å²) in [4.78, 5) is 11.4. The minimum Gasteiger partial charge on any atom is -0.493 e. The van der Waals surface area contributed by atoms with Crippen LogP contribution in [0.15, 0.2) is 18.2 Å². The molecule has 0 aliphatic rings. The van der Waals surface area contributed by atoms with E-state index in [1.54, 1.807) is 6.07 Å². The summed E-state index contributed by atoms with van der Waals surface area (Å²) in [6, 6.07) is 5.44. The van der Waals surface area contributed by atoms with Crippen LogP contribution >= 0.6 is 0 Å². The van der Waals surface area contributed by atoms with Gasteiger partial charge in [-0.2, -0.15) is 0 Å². The quantitative estimate of drug-likeness (QED) is 0.713. The standard InChI is InChI=1S/C12H16O3/c1-4-7-15-11-8-9(2)5-6-10(11)12(13)14-3/h5-6,8H,4,7H2,1-3H3. The predicted octanol–water partition coefficient (Wildman–Crippen LogP) is 2.57. The molecule has 15 heavy (non-hydrogen) atoms. The zero-order valence-corrected chi connectivity index (χ0v) is 9.37. The number of ether oxygens (including phenoxy) is 2. The first-order valence-corrected chi connectivity index (χ1v) is 5.00. The Labute approximate surface area is 90.0 Å². The Bertz CT molecular complexity index is 345. The molecule has 0 saturated heterocycles. The average molecular weight is 208 g/mol. The third-order valence-corrected chi connectivity index (χ3v) is 2.00. The predicted molar refractivity (Wildman–Crippen MR) is 58.3 cm³/mol. The Morgan fingerprint density at radius 3 is 2.73 bits per heavy atom. The first kappa shape index (κ1) is 11.6. The first-order chi connectivity index (χ1) is 7.19. The summed E-state index contributed by atoms with van der Waals surface area (Å²) in [6.07, 6.45) is 0.911. The van der Waals surface area contributed by atoms with Crippen molar-refractivity contribution < 1.29 is 14.3 Å². The lowest BCUT2D eigenvalue weighted by Crippen LogP contribution is -2.06. The molecule has 0 spiro atoms. The van der Waals surface area contributed by atoms with Gasteiger partial charge in [-0.05, 0) is 31.0 Å². The molecule has 0 aliphatic heterocycles. The summed E-state index contributed by atoms with van der Waals surface area (Å²) in [5.74, 6) is 0.241. The topological polar surface area (TPSA) is 35.5 Å². The van der Waals surface area contributed by atoms with Crippen LogP contribution in [0.5, 0.6) is 5.75 Å². The SMILES string of the molecule is CCCOc1cc(C)ccc1C(=O)OC. The number of hydrogen-bond donors (Lipinski definition) is 0. The molecular formula is C12H16O3. The Balaban J connectivity index is 2.97. The maximum Gasteiger partial charge on any atom is 0.341 e. The van der Waals surface area contributed by atoms with Crippen molar-refractivity contribution in [3.63, 3.8) is 0 Å². The largest absolute Gasteiger partial charge is 0.493 e. The highest BCUT2D eigenvalue weighted by molar-refractivity contribution is 5.92. The Morgan fingerprint density at radius 2 is 2.13 bits per heavy atom. The summed E-state index contributed by atoms with van der Waals surface area (Å²) < 4.78 is 10.2. The van der Waals surface area contributed by atoms with Crippen LogP contribution in [0.25, 0.3) is 0 Å². The van der Waals surface area contributed by atoms with E-state index in [2.05, 4.69) is 4.74 Å². The molecule has 1 aromatic rings. The molecule has 0 atom stereocenters. The fraction of sp³-hybridized carbons (Fsp3) is 0.417. The van der Waals surface area contributed by atoms with E-state index in [1.807, 2.05) is 26.0 Å². The van der Waals surface area contributed by atoms with E-state index in [9.17, 15) is 4.79 Å². The summed E-state index contributed by atoms with van der Waals surface area (Å²) in [5.41, 5.74) is 1.55. The van der Waals surface area contributed by atoms with E-state index in [4.69, 9.17) is 4.74 Å². The maximum absolute atomic E-state index is 11.4. The maximum atomic E-state index is 11.4. The molecule has 1 aromatic carbocycles. The average Bonchev–Trinajstić information content (AvgIpc) is 2.25. The van der Waals surface area contributed by atoms with Gasteiger partial charge < -0.3 is 9.47 Å². The van der Waals surface area contributed by atoms with Crippen molar-refractivity contribution >= 4 is 5.97 Å². The van der Waals surface area contributed by atoms with Gasteiger partial charge in [0.25, 0.3) is 0 Å². The molecule has 3 nitrogen and oxygen atoms in total. The summed E-state index contributed by atoms with van der Waals surface area (Å²) in [7, 11) is 1.37. The van der Waals surface area contributed by atoms with Crippen molar-refractivity contribution in [1.29, 1.82) is 0 Å². The molecule has 0 radical (unpaired) electrons. The molecule has 1 rings (SSSR count). The van der Waals surface area contributed by atoms with Crippen molar-refractivity contribution in [1.82, 2.24) is 0 Å². The molecule has 0 saturated carbocycles. The Kier molecular flexibility index (Phi) is 4.16. The van der Waals surface area contributed by atoms with Crippen molar-refractivity contribution in [2.45, 2.75) is 20.3 Å². The molecule has 3 heteroatoms. The first-order valence-electron chi connectivity index (χ1n) is 5.00. The Morgan fingerprint density at radius 1 is 1.40 bits per heavy atom. The number of esters is 1. The fourth-order valence-electron chi connectivity index (χ4n) is 1.24. The summed E-state index contributed by atoms with van der Waals surface area (Å²) >= 11 is 0. The third kappa shape index (κ3) is 2.98. The van der Waals surface area contributed by atoms with Gasteiger partial charge in [-0.25, -0.2) is 4.79 Å². The van der Waals surface area contributed by atoms with Crippen LogP contribution in [0.1, 0.15) is 29.3 Å². The molecule has 82 valence electrons. The van der Waals surface area contributed by atoms with E-state index in [0.29, 0.717) is 17.9 Å². The van der Waals surface area contributed by atoms with E-state index in [1.165, 1.54) is 7.11 Å². The lowest BCUT2D eigenvalue weighted by atomic mass is 10.1. The van der Waals surface area contributed by atoms with E-state index < -0.39 is 0 Å². The second-order valence-corrected chi connectivity index (χ2v) is 3.34. The zero-order chi connectivity index (χ0) is 11.3. The van der Waals surface area contributed by atoms with Crippen molar-refractivity contribution in [3.05, 3.63) is 29.3 Å². The van der Waals surface area contributed by atoms with Gasteiger partial charge in [-0.15, -0.1) is 0 Å². The molecule has 0 amide bonds. The van der Waals surface area contributed by atoms with Gasteiger partial charge in [0.2, 0.25) is 0 Å². The van der Waals surface area contributed by atoms with Crippen molar-refractivity contribution in [2.75, 3.05) is 13.7 Å². The van der Waals surface area contributed by atoms with Gasteiger partial charge in [0.15, 0.2) is 0 Å². The van der Waals surface area contributed by atoms with Crippen LogP contribution in [0, 0.1) is 6.92 Å². The number of methoxy groups -OCH3 is 1. The number of rotatable bonds is 4. The van der Waals surface area contributed by atoms with E-state index in [-0.39, 0.29) is 5.97 Å². The zero-order valence-electron chi connectivity index (χ0n) is 9.37. The fourth-order valence-corrected chi connectivity index (χ4v) is 1.24. The third-order valence-electron chi connectivity index (χ3n) is 2.00. The smallest absolute Gasteiger partial charge is 0.341 e. The summed E-state index contributed by atoms with van der Waals surface area (Å²) in [5, 5.41) is 0. The second kappa shape index (κ2) is 5.39. The minimum absolute atomic E-state index is 0.360.